The van der Waals surface area contributed by atoms with Crippen molar-refractivity contribution in [1.29, 1.82) is 0 Å². The Kier molecular flexibility index (Phi) is 9.72. The highest BCUT2D eigenvalue weighted by atomic mass is 32.2. The van der Waals surface area contributed by atoms with Gasteiger partial charge in [-0.2, -0.15) is 0 Å². The first kappa shape index (κ1) is 31.9. The third-order valence-electron chi connectivity index (χ3n) is 8.48. The van der Waals surface area contributed by atoms with E-state index in [1.165, 1.54) is 78.6 Å². The largest absolute Gasteiger partial charge is 0.135 e. The van der Waals surface area contributed by atoms with Gasteiger partial charge in [-0.25, -0.2) is 0 Å². The lowest BCUT2D eigenvalue weighted by Crippen LogP contribution is -1.88. The van der Waals surface area contributed by atoms with Gasteiger partial charge in [-0.15, -0.1) is 34.4 Å². The summed E-state index contributed by atoms with van der Waals surface area (Å²) < 4.78 is 5.46. The number of hydrogen-bond acceptors (Lipinski definition) is 3. The molecule has 0 aliphatic carbocycles. The van der Waals surface area contributed by atoms with Crippen LogP contribution in [-0.2, 0) is 0 Å². The maximum Gasteiger partial charge on any atom is 0.0433 e. The summed E-state index contributed by atoms with van der Waals surface area (Å²) in [6.45, 7) is 4.00. The van der Waals surface area contributed by atoms with Gasteiger partial charge in [0, 0.05) is 45.2 Å². The summed E-state index contributed by atoms with van der Waals surface area (Å²) in [6, 6.07) is 58.9. The molecular weight excluding hydrogens is 637 g/mol. The first-order chi connectivity index (χ1) is 23.8. The van der Waals surface area contributed by atoms with Gasteiger partial charge in [0.2, 0.25) is 0 Å². The van der Waals surface area contributed by atoms with E-state index in [9.17, 15) is 0 Å². The van der Waals surface area contributed by atoms with E-state index in [4.69, 9.17) is 0 Å². The molecule has 9 rings (SSSR count). The molecule has 0 bridgehead atoms. The SMILES string of the molecule is CC.CSc1c(-c2ccccc2)cccc1-c1cccc(-c2cccc3c2sc2ccccc23)c1.c1ccc2c(c1)sc1ccccc12. The van der Waals surface area contributed by atoms with Crippen LogP contribution in [0.5, 0.6) is 0 Å². The second-order valence-electron chi connectivity index (χ2n) is 11.2. The van der Waals surface area contributed by atoms with Gasteiger partial charge in [-0.05, 0) is 63.9 Å². The van der Waals surface area contributed by atoms with Crippen molar-refractivity contribution < 1.29 is 0 Å². The molecule has 9 aromatic rings. The summed E-state index contributed by atoms with van der Waals surface area (Å²) >= 11 is 5.57. The van der Waals surface area contributed by atoms with Crippen LogP contribution in [0.15, 0.2) is 169 Å². The Balaban J connectivity index is 0.000000201. The van der Waals surface area contributed by atoms with E-state index in [-0.39, 0.29) is 0 Å². The normalized spacial score (nSPS) is 10.9. The lowest BCUT2D eigenvalue weighted by Gasteiger charge is -2.15. The number of benzene rings is 7. The number of thiophene rings is 2. The van der Waals surface area contributed by atoms with Gasteiger partial charge in [0.1, 0.15) is 0 Å². The first-order valence-electron chi connectivity index (χ1n) is 16.4. The smallest absolute Gasteiger partial charge is 0.0433 e. The molecule has 234 valence electrons. The molecule has 0 spiro atoms. The highest BCUT2D eigenvalue weighted by Gasteiger charge is 2.14. The van der Waals surface area contributed by atoms with Crippen LogP contribution >= 0.6 is 34.4 Å². The average Bonchev–Trinajstić information content (AvgIpc) is 3.75. The van der Waals surface area contributed by atoms with E-state index >= 15 is 0 Å². The standard InChI is InChI=1S/C31H22S2.C12H8S.C2H6/c1-32-30-24(21-10-3-2-4-11-21)15-8-16-25(30)22-12-7-13-23(20-22)26-17-9-18-28-27-14-5-6-19-29(27)33-31(26)28;1-3-7-11-9(5-1)10-6-2-4-8-12(10)13-11;1-2/h2-20H,1H3;1-8H;1-2H3. The van der Waals surface area contributed by atoms with E-state index in [0.717, 1.165) is 0 Å². The Bertz CT molecular complexity index is 2410. The zero-order valence-corrected chi connectivity index (χ0v) is 29.8. The van der Waals surface area contributed by atoms with E-state index in [1.807, 2.05) is 48.3 Å². The monoisotopic (exact) mass is 672 g/mol. The maximum absolute atomic E-state index is 2.35. The summed E-state index contributed by atoms with van der Waals surface area (Å²) in [5.74, 6) is 0. The van der Waals surface area contributed by atoms with Gasteiger partial charge in [0.05, 0.1) is 0 Å². The molecule has 2 heterocycles. The molecule has 2 aromatic heterocycles. The van der Waals surface area contributed by atoms with Crippen molar-refractivity contribution in [3.63, 3.8) is 0 Å². The highest BCUT2D eigenvalue weighted by Crippen LogP contribution is 2.42. The Morgan fingerprint density at radius 3 is 1.42 bits per heavy atom. The van der Waals surface area contributed by atoms with Crippen LogP contribution in [0.25, 0.3) is 73.7 Å². The van der Waals surface area contributed by atoms with Crippen molar-refractivity contribution in [2.75, 3.05) is 6.26 Å². The molecule has 0 fully saturated rings. The number of thioether (sulfide) groups is 1. The van der Waals surface area contributed by atoms with Crippen molar-refractivity contribution >= 4 is 74.8 Å². The third-order valence-corrected chi connectivity index (χ3v) is 11.7. The molecule has 0 amide bonds. The van der Waals surface area contributed by atoms with Crippen LogP contribution in [0.2, 0.25) is 0 Å². The van der Waals surface area contributed by atoms with E-state index in [2.05, 4.69) is 170 Å². The predicted octanol–water partition coefficient (Wildman–Crippen LogP) is 14.9. The molecule has 0 nitrogen and oxygen atoms in total. The van der Waals surface area contributed by atoms with Gasteiger partial charge in [0.15, 0.2) is 0 Å². The molecule has 0 unspecified atom stereocenters. The summed E-state index contributed by atoms with van der Waals surface area (Å²) in [5, 5.41) is 5.44. The topological polar surface area (TPSA) is 0 Å². The Morgan fingerprint density at radius 1 is 0.375 bits per heavy atom. The molecule has 0 aliphatic heterocycles. The third kappa shape index (κ3) is 6.18. The highest BCUT2D eigenvalue weighted by molar-refractivity contribution is 7.98. The number of hydrogen-bond donors (Lipinski definition) is 0. The quantitative estimate of drug-likeness (QED) is 0.168. The summed E-state index contributed by atoms with van der Waals surface area (Å²) in [6.07, 6.45) is 2.17. The molecule has 48 heavy (non-hydrogen) atoms. The molecule has 3 heteroatoms. The zero-order chi connectivity index (χ0) is 32.9. The van der Waals surface area contributed by atoms with Gasteiger partial charge < -0.3 is 0 Å². The van der Waals surface area contributed by atoms with Gasteiger partial charge in [-0.1, -0.05) is 153 Å². The molecule has 0 saturated heterocycles. The average molecular weight is 673 g/mol. The van der Waals surface area contributed by atoms with Crippen LogP contribution in [-0.4, -0.2) is 6.26 Å². The first-order valence-corrected chi connectivity index (χ1v) is 19.2. The molecular formula is C45H36S3. The minimum absolute atomic E-state index is 1.26. The van der Waals surface area contributed by atoms with Crippen LogP contribution in [0, 0.1) is 0 Å². The molecule has 0 atom stereocenters. The Hall–Kier alpha value is -4.67. The van der Waals surface area contributed by atoms with Gasteiger partial charge in [0.25, 0.3) is 0 Å². The predicted molar refractivity (Wildman–Crippen MR) is 218 cm³/mol. The van der Waals surface area contributed by atoms with Crippen molar-refractivity contribution in [3.8, 4) is 33.4 Å². The van der Waals surface area contributed by atoms with E-state index in [0.29, 0.717) is 0 Å². The molecule has 0 saturated carbocycles. The molecule has 0 aliphatic rings. The second-order valence-corrected chi connectivity index (χ2v) is 14.2. The van der Waals surface area contributed by atoms with Crippen LogP contribution in [0.3, 0.4) is 0 Å². The zero-order valence-electron chi connectivity index (χ0n) is 27.3. The Labute approximate surface area is 295 Å². The summed E-state index contributed by atoms with van der Waals surface area (Å²) in [7, 11) is 0. The van der Waals surface area contributed by atoms with E-state index < -0.39 is 0 Å². The van der Waals surface area contributed by atoms with Crippen molar-refractivity contribution in [3.05, 3.63) is 164 Å². The fraction of sp³-hybridized carbons (Fsp3) is 0.0667. The molecule has 0 radical (unpaired) electrons. The summed E-state index contributed by atoms with van der Waals surface area (Å²) in [4.78, 5) is 1.32. The second kappa shape index (κ2) is 14.6. The fourth-order valence-electron chi connectivity index (χ4n) is 6.33. The van der Waals surface area contributed by atoms with Gasteiger partial charge in [-0.3, -0.25) is 0 Å². The summed E-state index contributed by atoms with van der Waals surface area (Å²) in [5.41, 5.74) is 7.66. The van der Waals surface area contributed by atoms with Crippen LogP contribution in [0.4, 0.5) is 0 Å². The lowest BCUT2D eigenvalue weighted by molar-refractivity contribution is 1.43. The number of fused-ring (bicyclic) bond motifs is 6. The van der Waals surface area contributed by atoms with E-state index in [1.54, 1.807) is 0 Å². The van der Waals surface area contributed by atoms with Gasteiger partial charge >= 0.3 is 0 Å². The van der Waals surface area contributed by atoms with Crippen LogP contribution < -0.4 is 0 Å². The number of rotatable bonds is 4. The van der Waals surface area contributed by atoms with Crippen molar-refractivity contribution in [2.45, 2.75) is 18.7 Å². The van der Waals surface area contributed by atoms with Crippen molar-refractivity contribution in [2.24, 2.45) is 0 Å². The minimum atomic E-state index is 1.26. The fourth-order valence-corrected chi connectivity index (χ4v) is 9.49. The molecule has 0 N–H and O–H groups in total. The minimum Gasteiger partial charge on any atom is -0.135 e. The Morgan fingerprint density at radius 2 is 0.792 bits per heavy atom. The molecule has 7 aromatic carbocycles. The maximum atomic E-state index is 2.35. The van der Waals surface area contributed by atoms with Crippen molar-refractivity contribution in [1.82, 2.24) is 0 Å². The van der Waals surface area contributed by atoms with Crippen LogP contribution in [0.1, 0.15) is 13.8 Å². The lowest BCUT2D eigenvalue weighted by atomic mass is 9.95.